The van der Waals surface area contributed by atoms with Gasteiger partial charge in [-0.25, -0.2) is 4.39 Å². The van der Waals surface area contributed by atoms with Crippen molar-refractivity contribution < 1.29 is 18.4 Å². The van der Waals surface area contributed by atoms with Gasteiger partial charge in [0.1, 0.15) is 5.82 Å². The highest BCUT2D eigenvalue weighted by Crippen LogP contribution is 2.13. The Morgan fingerprint density at radius 1 is 1.35 bits per heavy atom. The van der Waals surface area contributed by atoms with Crippen LogP contribution in [-0.2, 0) is 4.79 Å². The SMILES string of the molecule is Cc1nnc([C@@H](NC(=O)c2ccccc2F)C(N)=O)o1. The van der Waals surface area contributed by atoms with Crippen molar-refractivity contribution in [2.75, 3.05) is 0 Å². The van der Waals surface area contributed by atoms with E-state index in [0.717, 1.165) is 6.07 Å². The van der Waals surface area contributed by atoms with Gasteiger partial charge >= 0.3 is 0 Å². The van der Waals surface area contributed by atoms with Crippen molar-refractivity contribution in [2.45, 2.75) is 13.0 Å². The number of aromatic nitrogens is 2. The van der Waals surface area contributed by atoms with E-state index >= 15 is 0 Å². The average Bonchev–Trinajstić information content (AvgIpc) is 2.82. The number of benzene rings is 1. The van der Waals surface area contributed by atoms with Gasteiger partial charge in [0.05, 0.1) is 5.56 Å². The molecule has 0 radical (unpaired) electrons. The van der Waals surface area contributed by atoms with Gasteiger partial charge < -0.3 is 15.5 Å². The lowest BCUT2D eigenvalue weighted by Gasteiger charge is -2.11. The minimum Gasteiger partial charge on any atom is -0.423 e. The van der Waals surface area contributed by atoms with Crippen molar-refractivity contribution in [2.24, 2.45) is 5.73 Å². The summed E-state index contributed by atoms with van der Waals surface area (Å²) in [5.41, 5.74) is 4.95. The first-order valence-electron chi connectivity index (χ1n) is 5.63. The molecule has 0 saturated heterocycles. The molecule has 8 heteroatoms. The van der Waals surface area contributed by atoms with E-state index in [1.54, 1.807) is 0 Å². The molecule has 104 valence electrons. The van der Waals surface area contributed by atoms with Gasteiger partial charge in [0.25, 0.3) is 5.91 Å². The molecular formula is C12H11FN4O3. The van der Waals surface area contributed by atoms with Crippen LogP contribution in [0.25, 0.3) is 0 Å². The summed E-state index contributed by atoms with van der Waals surface area (Å²) in [6, 6.07) is 4.03. The second-order valence-corrected chi connectivity index (χ2v) is 3.95. The predicted octanol–water partition coefficient (Wildman–Crippen LogP) is 0.474. The Balaban J connectivity index is 2.23. The lowest BCUT2D eigenvalue weighted by atomic mass is 10.1. The molecule has 2 aromatic rings. The Kier molecular flexibility index (Phi) is 3.74. The summed E-state index contributed by atoms with van der Waals surface area (Å²) in [6.07, 6.45) is 0. The number of aryl methyl sites for hydroxylation is 1. The van der Waals surface area contributed by atoms with Gasteiger partial charge in [-0.3, -0.25) is 9.59 Å². The minimum atomic E-state index is -1.32. The topological polar surface area (TPSA) is 111 Å². The van der Waals surface area contributed by atoms with Crippen LogP contribution >= 0.6 is 0 Å². The number of primary amides is 1. The van der Waals surface area contributed by atoms with Crippen LogP contribution in [0.15, 0.2) is 28.7 Å². The minimum absolute atomic E-state index is 0.153. The maximum Gasteiger partial charge on any atom is 0.255 e. The Morgan fingerprint density at radius 3 is 2.60 bits per heavy atom. The molecule has 1 atom stereocenters. The molecule has 2 amide bonds. The largest absolute Gasteiger partial charge is 0.423 e. The Morgan fingerprint density at radius 2 is 2.05 bits per heavy atom. The highest BCUT2D eigenvalue weighted by molar-refractivity contribution is 5.97. The van der Waals surface area contributed by atoms with E-state index in [-0.39, 0.29) is 17.3 Å². The average molecular weight is 278 g/mol. The monoisotopic (exact) mass is 278 g/mol. The van der Waals surface area contributed by atoms with Crippen molar-refractivity contribution in [3.05, 3.63) is 47.4 Å². The molecule has 20 heavy (non-hydrogen) atoms. The number of nitrogens with one attached hydrogen (secondary N) is 1. The summed E-state index contributed by atoms with van der Waals surface area (Å²) in [5, 5.41) is 9.40. The Hall–Kier alpha value is -2.77. The van der Waals surface area contributed by atoms with Crippen LogP contribution < -0.4 is 11.1 Å². The van der Waals surface area contributed by atoms with Crippen LogP contribution in [0.2, 0.25) is 0 Å². The van der Waals surface area contributed by atoms with E-state index in [4.69, 9.17) is 10.2 Å². The highest BCUT2D eigenvalue weighted by atomic mass is 19.1. The first kappa shape index (κ1) is 13.7. The van der Waals surface area contributed by atoms with E-state index in [1.807, 2.05) is 0 Å². The second kappa shape index (κ2) is 5.47. The number of amides is 2. The summed E-state index contributed by atoms with van der Waals surface area (Å²) in [7, 11) is 0. The molecule has 0 aliphatic heterocycles. The summed E-state index contributed by atoms with van der Waals surface area (Å²) in [5.74, 6) is -2.35. The molecule has 3 N–H and O–H groups in total. The van der Waals surface area contributed by atoms with Gasteiger partial charge in [0.2, 0.25) is 17.7 Å². The quantitative estimate of drug-likeness (QED) is 0.844. The highest BCUT2D eigenvalue weighted by Gasteiger charge is 2.27. The predicted molar refractivity (Wildman–Crippen MR) is 64.8 cm³/mol. The van der Waals surface area contributed by atoms with Crippen molar-refractivity contribution in [1.29, 1.82) is 0 Å². The molecule has 2 rings (SSSR count). The van der Waals surface area contributed by atoms with Crippen molar-refractivity contribution in [1.82, 2.24) is 15.5 Å². The van der Waals surface area contributed by atoms with Crippen LogP contribution in [0.1, 0.15) is 28.2 Å². The molecule has 0 fully saturated rings. The fourth-order valence-corrected chi connectivity index (χ4v) is 1.54. The fraction of sp³-hybridized carbons (Fsp3) is 0.167. The van der Waals surface area contributed by atoms with Crippen LogP contribution in [0, 0.1) is 12.7 Å². The van der Waals surface area contributed by atoms with Crippen LogP contribution in [0.3, 0.4) is 0 Å². The third-order valence-electron chi connectivity index (χ3n) is 2.47. The first-order valence-corrected chi connectivity index (χ1v) is 5.63. The lowest BCUT2D eigenvalue weighted by molar-refractivity contribution is -0.120. The molecule has 1 heterocycles. The van der Waals surface area contributed by atoms with Crippen LogP contribution in [0.5, 0.6) is 0 Å². The van der Waals surface area contributed by atoms with E-state index < -0.39 is 23.7 Å². The summed E-state index contributed by atoms with van der Waals surface area (Å²) in [4.78, 5) is 23.3. The molecule has 0 bridgehead atoms. The number of nitrogens with two attached hydrogens (primary N) is 1. The molecule has 0 unspecified atom stereocenters. The molecule has 0 spiro atoms. The van der Waals surface area contributed by atoms with Crippen molar-refractivity contribution in [3.63, 3.8) is 0 Å². The molecule has 0 aliphatic carbocycles. The van der Waals surface area contributed by atoms with E-state index in [0.29, 0.717) is 0 Å². The fourth-order valence-electron chi connectivity index (χ4n) is 1.54. The van der Waals surface area contributed by atoms with Gasteiger partial charge in [-0.1, -0.05) is 12.1 Å². The molecular weight excluding hydrogens is 267 g/mol. The maximum atomic E-state index is 13.5. The molecule has 0 aliphatic rings. The van der Waals surface area contributed by atoms with E-state index in [9.17, 15) is 14.0 Å². The van der Waals surface area contributed by atoms with Gasteiger partial charge in [0, 0.05) is 6.92 Å². The Labute approximate surface area is 113 Å². The standard InChI is InChI=1S/C12H11FN4O3/c1-6-16-17-12(20-6)9(10(14)18)15-11(19)7-4-2-3-5-8(7)13/h2-5,9H,1H3,(H2,14,18)(H,15,19)/t9-/m0/s1. The normalized spacial score (nSPS) is 11.9. The number of carbonyl (C=O) groups is 2. The zero-order chi connectivity index (χ0) is 14.7. The van der Waals surface area contributed by atoms with E-state index in [1.165, 1.54) is 25.1 Å². The zero-order valence-electron chi connectivity index (χ0n) is 10.5. The van der Waals surface area contributed by atoms with Crippen molar-refractivity contribution in [3.8, 4) is 0 Å². The molecule has 1 aromatic heterocycles. The van der Waals surface area contributed by atoms with Crippen molar-refractivity contribution >= 4 is 11.8 Å². The number of hydrogen-bond acceptors (Lipinski definition) is 5. The Bertz CT molecular complexity index is 656. The summed E-state index contributed by atoms with van der Waals surface area (Å²) >= 11 is 0. The van der Waals surface area contributed by atoms with Gasteiger partial charge in [-0.2, -0.15) is 0 Å². The number of carbonyl (C=O) groups excluding carboxylic acids is 2. The van der Waals surface area contributed by atoms with Crippen LogP contribution in [0.4, 0.5) is 4.39 Å². The van der Waals surface area contributed by atoms with Gasteiger partial charge in [0.15, 0.2) is 6.04 Å². The molecule has 7 nitrogen and oxygen atoms in total. The maximum absolute atomic E-state index is 13.5. The third-order valence-corrected chi connectivity index (χ3v) is 2.47. The van der Waals surface area contributed by atoms with Gasteiger partial charge in [-0.15, -0.1) is 10.2 Å². The summed E-state index contributed by atoms with van der Waals surface area (Å²) in [6.45, 7) is 1.52. The summed E-state index contributed by atoms with van der Waals surface area (Å²) < 4.78 is 18.5. The third kappa shape index (κ3) is 2.79. The smallest absolute Gasteiger partial charge is 0.255 e. The van der Waals surface area contributed by atoms with E-state index in [2.05, 4.69) is 15.5 Å². The van der Waals surface area contributed by atoms with Gasteiger partial charge in [-0.05, 0) is 12.1 Å². The number of hydrogen-bond donors (Lipinski definition) is 2. The molecule has 1 aromatic carbocycles. The zero-order valence-corrected chi connectivity index (χ0v) is 10.5. The molecule has 0 saturated carbocycles. The number of nitrogens with zero attached hydrogens (tertiary/aromatic N) is 2. The first-order chi connectivity index (χ1) is 9.49. The number of halogens is 1. The van der Waals surface area contributed by atoms with Crippen LogP contribution in [-0.4, -0.2) is 22.0 Å². The lowest BCUT2D eigenvalue weighted by Crippen LogP contribution is -2.38. The second-order valence-electron chi connectivity index (χ2n) is 3.95. The number of rotatable bonds is 4.